The summed E-state index contributed by atoms with van der Waals surface area (Å²) in [6.07, 6.45) is 0.728. The number of carbonyl (C=O) groups excluding carboxylic acids is 2. The summed E-state index contributed by atoms with van der Waals surface area (Å²) in [6, 6.07) is 12.4. The van der Waals surface area contributed by atoms with Crippen molar-refractivity contribution < 1.29 is 18.0 Å². The van der Waals surface area contributed by atoms with Crippen LogP contribution in [0.5, 0.6) is 0 Å². The van der Waals surface area contributed by atoms with Crippen molar-refractivity contribution in [1.82, 2.24) is 14.5 Å². The molecule has 2 aromatic rings. The average Bonchev–Trinajstić information content (AvgIpc) is 2.80. The highest BCUT2D eigenvalue weighted by Gasteiger charge is 2.33. The SMILES string of the molecule is CCCNC(=O)[C@H](C)N(Cc1c(Cl)cccc1Cl)C(=O)CN(c1ccccc1)S(=O)(=O)N(C)C. The smallest absolute Gasteiger partial charge is 0.304 e. The fourth-order valence-electron chi connectivity index (χ4n) is 3.14. The van der Waals surface area contributed by atoms with Crippen molar-refractivity contribution in [2.45, 2.75) is 32.9 Å². The number of hydrogen-bond acceptors (Lipinski definition) is 4. The molecule has 186 valence electrons. The maximum absolute atomic E-state index is 13.6. The van der Waals surface area contributed by atoms with Crippen LogP contribution in [0.15, 0.2) is 48.5 Å². The third kappa shape index (κ3) is 6.85. The zero-order valence-electron chi connectivity index (χ0n) is 19.7. The molecule has 0 spiro atoms. The first-order valence-corrected chi connectivity index (χ1v) is 12.9. The first kappa shape index (κ1) is 27.9. The molecule has 0 bridgehead atoms. The second-order valence-electron chi connectivity index (χ2n) is 7.82. The summed E-state index contributed by atoms with van der Waals surface area (Å²) in [6.45, 7) is 3.37. The fraction of sp³-hybridized carbons (Fsp3) is 0.391. The molecule has 2 aromatic carbocycles. The van der Waals surface area contributed by atoms with Crippen molar-refractivity contribution in [1.29, 1.82) is 0 Å². The van der Waals surface area contributed by atoms with Crippen molar-refractivity contribution >= 4 is 50.9 Å². The van der Waals surface area contributed by atoms with Crippen LogP contribution in [0.3, 0.4) is 0 Å². The molecule has 1 atom stereocenters. The third-order valence-corrected chi connectivity index (χ3v) is 7.70. The molecule has 0 saturated heterocycles. The summed E-state index contributed by atoms with van der Waals surface area (Å²) >= 11 is 12.7. The van der Waals surface area contributed by atoms with Crippen LogP contribution in [0.1, 0.15) is 25.8 Å². The van der Waals surface area contributed by atoms with E-state index in [1.54, 1.807) is 55.5 Å². The summed E-state index contributed by atoms with van der Waals surface area (Å²) in [4.78, 5) is 27.6. The van der Waals surface area contributed by atoms with Crippen LogP contribution in [-0.2, 0) is 26.3 Å². The first-order valence-electron chi connectivity index (χ1n) is 10.8. The Labute approximate surface area is 211 Å². The van der Waals surface area contributed by atoms with Gasteiger partial charge in [0.05, 0.1) is 5.69 Å². The predicted octanol–water partition coefficient (Wildman–Crippen LogP) is 3.55. The molecule has 0 aromatic heterocycles. The molecule has 0 radical (unpaired) electrons. The quantitative estimate of drug-likeness (QED) is 0.482. The minimum absolute atomic E-state index is 0.0668. The van der Waals surface area contributed by atoms with Crippen LogP contribution < -0.4 is 9.62 Å². The summed E-state index contributed by atoms with van der Waals surface area (Å²) in [5, 5.41) is 3.46. The molecule has 2 rings (SSSR count). The molecule has 0 aliphatic rings. The maximum atomic E-state index is 13.6. The Morgan fingerprint density at radius 3 is 2.12 bits per heavy atom. The molecule has 34 heavy (non-hydrogen) atoms. The van der Waals surface area contributed by atoms with E-state index in [0.29, 0.717) is 27.8 Å². The molecular formula is C23H30Cl2N4O4S. The number of benzene rings is 2. The molecule has 8 nitrogen and oxygen atoms in total. The van der Waals surface area contributed by atoms with Gasteiger partial charge in [0.25, 0.3) is 0 Å². The van der Waals surface area contributed by atoms with E-state index < -0.39 is 28.7 Å². The number of nitrogens with one attached hydrogen (secondary N) is 1. The average molecular weight is 529 g/mol. The summed E-state index contributed by atoms with van der Waals surface area (Å²) in [5.74, 6) is -0.940. The van der Waals surface area contributed by atoms with Gasteiger partial charge in [-0.2, -0.15) is 12.7 Å². The molecule has 0 fully saturated rings. The van der Waals surface area contributed by atoms with Crippen molar-refractivity contribution in [3.8, 4) is 0 Å². The Balaban J connectivity index is 2.47. The van der Waals surface area contributed by atoms with Crippen molar-refractivity contribution in [2.75, 3.05) is 31.5 Å². The second kappa shape index (κ2) is 12.4. The standard InChI is InChI=1S/C23H30Cl2N4O4S/c1-5-14-26-23(31)17(2)28(15-19-20(24)12-9-13-21(19)25)22(30)16-29(34(32,33)27(3)4)18-10-7-6-8-11-18/h6-13,17H,5,14-16H2,1-4H3,(H,26,31)/t17-/m0/s1. The lowest BCUT2D eigenvalue weighted by Crippen LogP contribution is -2.52. The van der Waals surface area contributed by atoms with E-state index in [-0.39, 0.29) is 12.5 Å². The lowest BCUT2D eigenvalue weighted by Gasteiger charge is -2.33. The topological polar surface area (TPSA) is 90.0 Å². The molecule has 1 N–H and O–H groups in total. The van der Waals surface area contributed by atoms with Gasteiger partial charge in [0.15, 0.2) is 0 Å². The Morgan fingerprint density at radius 2 is 1.59 bits per heavy atom. The molecule has 11 heteroatoms. The number of carbonyl (C=O) groups is 2. The van der Waals surface area contributed by atoms with Gasteiger partial charge in [0.1, 0.15) is 12.6 Å². The molecular weight excluding hydrogens is 499 g/mol. The maximum Gasteiger partial charge on any atom is 0.304 e. The van der Waals surface area contributed by atoms with Gasteiger partial charge in [-0.25, -0.2) is 4.31 Å². The van der Waals surface area contributed by atoms with Crippen LogP contribution in [-0.4, -0.2) is 62.7 Å². The lowest BCUT2D eigenvalue weighted by molar-refractivity contribution is -0.139. The molecule has 0 aliphatic heterocycles. The summed E-state index contributed by atoms with van der Waals surface area (Å²) < 4.78 is 28.2. The lowest BCUT2D eigenvalue weighted by atomic mass is 10.1. The highest BCUT2D eigenvalue weighted by Crippen LogP contribution is 2.27. The molecule has 0 saturated carbocycles. The molecule has 0 heterocycles. The third-order valence-electron chi connectivity index (χ3n) is 5.17. The van der Waals surface area contributed by atoms with Gasteiger partial charge in [-0.3, -0.25) is 9.59 Å². The van der Waals surface area contributed by atoms with Crippen LogP contribution in [0.2, 0.25) is 10.0 Å². The van der Waals surface area contributed by atoms with Gasteiger partial charge >= 0.3 is 10.2 Å². The highest BCUT2D eigenvalue weighted by molar-refractivity contribution is 7.90. The predicted molar refractivity (Wildman–Crippen MR) is 136 cm³/mol. The van der Waals surface area contributed by atoms with Gasteiger partial charge in [0.2, 0.25) is 11.8 Å². The molecule has 0 unspecified atom stereocenters. The Kier molecular flexibility index (Phi) is 10.2. The van der Waals surface area contributed by atoms with Crippen LogP contribution in [0.4, 0.5) is 5.69 Å². The van der Waals surface area contributed by atoms with Crippen molar-refractivity contribution in [2.24, 2.45) is 0 Å². The van der Waals surface area contributed by atoms with Crippen molar-refractivity contribution in [3.63, 3.8) is 0 Å². The van der Waals surface area contributed by atoms with E-state index in [2.05, 4.69) is 5.32 Å². The van der Waals surface area contributed by atoms with Crippen molar-refractivity contribution in [3.05, 3.63) is 64.1 Å². The Morgan fingerprint density at radius 1 is 1.00 bits per heavy atom. The van der Waals surface area contributed by atoms with E-state index in [4.69, 9.17) is 23.2 Å². The summed E-state index contributed by atoms with van der Waals surface area (Å²) in [5.41, 5.74) is 0.791. The number of rotatable bonds is 11. The zero-order chi connectivity index (χ0) is 25.5. The van der Waals surface area contributed by atoms with E-state index in [1.165, 1.54) is 19.0 Å². The minimum atomic E-state index is -4.00. The van der Waals surface area contributed by atoms with Crippen LogP contribution in [0.25, 0.3) is 0 Å². The Hall–Kier alpha value is -2.33. The van der Waals surface area contributed by atoms with Gasteiger partial charge in [-0.15, -0.1) is 0 Å². The number of amides is 2. The largest absolute Gasteiger partial charge is 0.354 e. The monoisotopic (exact) mass is 528 g/mol. The number of hydrogen-bond donors (Lipinski definition) is 1. The van der Waals surface area contributed by atoms with E-state index in [0.717, 1.165) is 15.0 Å². The van der Waals surface area contributed by atoms with Gasteiger partial charge < -0.3 is 10.2 Å². The number of halogens is 2. The van der Waals surface area contributed by atoms with Crippen LogP contribution in [0, 0.1) is 0 Å². The molecule has 0 aliphatic carbocycles. The van der Waals surface area contributed by atoms with Gasteiger partial charge in [-0.05, 0) is 37.6 Å². The number of para-hydroxylation sites is 1. The number of anilines is 1. The Bertz CT molecular complexity index is 1080. The van der Waals surface area contributed by atoms with E-state index in [1.807, 2.05) is 6.92 Å². The zero-order valence-corrected chi connectivity index (χ0v) is 22.0. The van der Waals surface area contributed by atoms with E-state index in [9.17, 15) is 18.0 Å². The normalized spacial score (nSPS) is 12.3. The van der Waals surface area contributed by atoms with Gasteiger partial charge in [0, 0.05) is 42.8 Å². The highest BCUT2D eigenvalue weighted by atomic mass is 35.5. The summed E-state index contributed by atoms with van der Waals surface area (Å²) in [7, 11) is -1.23. The second-order valence-corrected chi connectivity index (χ2v) is 10.7. The molecule has 2 amide bonds. The number of nitrogens with zero attached hydrogens (tertiary/aromatic N) is 3. The van der Waals surface area contributed by atoms with Gasteiger partial charge in [-0.1, -0.05) is 54.4 Å². The fourth-order valence-corrected chi connectivity index (χ4v) is 4.72. The first-order chi connectivity index (χ1) is 16.0. The van der Waals surface area contributed by atoms with Crippen LogP contribution >= 0.6 is 23.2 Å². The minimum Gasteiger partial charge on any atom is -0.354 e. The van der Waals surface area contributed by atoms with E-state index >= 15 is 0 Å².